The Bertz CT molecular complexity index is 1630. The first kappa shape index (κ1) is 30.7. The van der Waals surface area contributed by atoms with E-state index < -0.39 is 15.8 Å². The van der Waals surface area contributed by atoms with Gasteiger partial charge in [0.15, 0.2) is 0 Å². The van der Waals surface area contributed by atoms with Gasteiger partial charge in [-0.15, -0.1) is 0 Å². The SMILES string of the molecule is OC[C@@H]1[C@@H](CO)[C@@H](c2ccccc2P(c2ccccc2)c2ccccc2)[C@@H]1c1ccccc1P(c1ccccc1)c1ccccc1. The van der Waals surface area contributed by atoms with Gasteiger partial charge in [0.2, 0.25) is 0 Å². The lowest BCUT2D eigenvalue weighted by molar-refractivity contribution is -0.00241. The third-order valence-electron chi connectivity index (χ3n) is 9.41. The molecule has 6 aromatic carbocycles. The molecule has 0 saturated heterocycles. The van der Waals surface area contributed by atoms with Crippen LogP contribution in [0.25, 0.3) is 0 Å². The van der Waals surface area contributed by atoms with Gasteiger partial charge in [-0.05, 0) is 82.5 Å². The Kier molecular flexibility index (Phi) is 9.52. The second-order valence-corrected chi connectivity index (χ2v) is 16.2. The van der Waals surface area contributed by atoms with Crippen LogP contribution in [0.3, 0.4) is 0 Å². The van der Waals surface area contributed by atoms with Gasteiger partial charge in [-0.25, -0.2) is 0 Å². The minimum Gasteiger partial charge on any atom is -0.396 e. The number of aliphatic hydroxyl groups excluding tert-OH is 2. The van der Waals surface area contributed by atoms with Crippen LogP contribution in [0, 0.1) is 11.8 Å². The van der Waals surface area contributed by atoms with E-state index in [2.05, 4.69) is 170 Å². The van der Waals surface area contributed by atoms with E-state index in [4.69, 9.17) is 0 Å². The third-order valence-corrected chi connectivity index (χ3v) is 14.4. The third kappa shape index (κ3) is 5.88. The Hall–Kier alpha value is -3.90. The van der Waals surface area contributed by atoms with E-state index in [1.807, 2.05) is 0 Å². The molecule has 0 aliphatic heterocycles. The largest absolute Gasteiger partial charge is 0.396 e. The van der Waals surface area contributed by atoms with Crippen LogP contribution in [-0.4, -0.2) is 23.4 Å². The summed E-state index contributed by atoms with van der Waals surface area (Å²) in [7, 11) is -1.67. The van der Waals surface area contributed by atoms with Crippen LogP contribution in [0.15, 0.2) is 170 Å². The van der Waals surface area contributed by atoms with Crippen LogP contribution in [0.5, 0.6) is 0 Å². The molecule has 1 aliphatic carbocycles. The molecule has 46 heavy (non-hydrogen) atoms. The summed E-state index contributed by atoms with van der Waals surface area (Å²) in [6, 6.07) is 61.1. The van der Waals surface area contributed by atoms with E-state index >= 15 is 0 Å². The molecule has 2 N–H and O–H groups in total. The highest BCUT2D eigenvalue weighted by Crippen LogP contribution is 2.58. The summed E-state index contributed by atoms with van der Waals surface area (Å²) in [5.41, 5.74) is 2.57. The molecule has 4 atom stereocenters. The fraction of sp³-hybridized carbons (Fsp3) is 0.143. The van der Waals surface area contributed by atoms with Gasteiger partial charge >= 0.3 is 0 Å². The van der Waals surface area contributed by atoms with E-state index in [0.29, 0.717) is 0 Å². The zero-order valence-corrected chi connectivity index (χ0v) is 27.5. The van der Waals surface area contributed by atoms with E-state index in [0.717, 1.165) is 0 Å². The fourth-order valence-electron chi connectivity index (χ4n) is 7.37. The molecule has 1 saturated carbocycles. The second kappa shape index (κ2) is 14.3. The van der Waals surface area contributed by atoms with Crippen molar-refractivity contribution >= 4 is 47.7 Å². The molecule has 0 aromatic heterocycles. The van der Waals surface area contributed by atoms with Crippen molar-refractivity contribution in [3.8, 4) is 0 Å². The average molecular weight is 637 g/mol. The molecule has 228 valence electrons. The van der Waals surface area contributed by atoms with Crippen molar-refractivity contribution in [1.29, 1.82) is 0 Å². The Balaban J connectivity index is 1.40. The van der Waals surface area contributed by atoms with Gasteiger partial charge < -0.3 is 10.2 Å². The monoisotopic (exact) mass is 636 g/mol. The lowest BCUT2D eigenvalue weighted by Gasteiger charge is -2.53. The van der Waals surface area contributed by atoms with Crippen LogP contribution in [-0.2, 0) is 0 Å². The summed E-state index contributed by atoms with van der Waals surface area (Å²) >= 11 is 0. The Labute approximate surface area is 274 Å². The van der Waals surface area contributed by atoms with Gasteiger partial charge in [-0.3, -0.25) is 0 Å². The molecule has 0 amide bonds. The number of hydrogen-bond donors (Lipinski definition) is 2. The van der Waals surface area contributed by atoms with Crippen molar-refractivity contribution in [3.05, 3.63) is 181 Å². The quantitative estimate of drug-likeness (QED) is 0.173. The maximum absolute atomic E-state index is 10.9. The van der Waals surface area contributed by atoms with Crippen molar-refractivity contribution in [2.75, 3.05) is 13.2 Å². The molecular weight excluding hydrogens is 598 g/mol. The maximum atomic E-state index is 10.9. The van der Waals surface area contributed by atoms with Crippen LogP contribution < -0.4 is 31.8 Å². The summed E-state index contributed by atoms with van der Waals surface area (Å²) in [6.07, 6.45) is 0. The molecule has 4 heteroatoms. The zero-order chi connectivity index (χ0) is 31.3. The predicted molar refractivity (Wildman–Crippen MR) is 197 cm³/mol. The highest BCUT2D eigenvalue weighted by atomic mass is 31.1. The van der Waals surface area contributed by atoms with E-state index in [-0.39, 0.29) is 36.9 Å². The van der Waals surface area contributed by atoms with Crippen LogP contribution in [0.2, 0.25) is 0 Å². The van der Waals surface area contributed by atoms with Crippen molar-refractivity contribution in [2.45, 2.75) is 11.8 Å². The van der Waals surface area contributed by atoms with E-state index in [1.165, 1.54) is 43.0 Å². The minimum absolute atomic E-state index is 0.0349. The summed E-state index contributed by atoms with van der Waals surface area (Å²) in [5, 5.41) is 29.6. The summed E-state index contributed by atoms with van der Waals surface area (Å²) < 4.78 is 0. The van der Waals surface area contributed by atoms with E-state index in [9.17, 15) is 10.2 Å². The molecule has 6 aromatic rings. The van der Waals surface area contributed by atoms with Gasteiger partial charge in [0, 0.05) is 13.2 Å². The predicted octanol–water partition coefficient (Wildman–Crippen LogP) is 6.30. The Morgan fingerprint density at radius 2 is 0.609 bits per heavy atom. The molecular formula is C42H38O2P2. The number of hydrogen-bond acceptors (Lipinski definition) is 2. The zero-order valence-electron chi connectivity index (χ0n) is 25.7. The Morgan fingerprint density at radius 1 is 0.348 bits per heavy atom. The Morgan fingerprint density at radius 3 is 0.891 bits per heavy atom. The molecule has 0 unspecified atom stereocenters. The smallest absolute Gasteiger partial charge is 0.0469 e. The molecule has 2 nitrogen and oxygen atoms in total. The fourth-order valence-corrected chi connectivity index (χ4v) is 12.4. The first-order valence-electron chi connectivity index (χ1n) is 16.0. The lowest BCUT2D eigenvalue weighted by Crippen LogP contribution is -2.50. The molecule has 0 heterocycles. The maximum Gasteiger partial charge on any atom is 0.0469 e. The number of aliphatic hydroxyl groups is 2. The van der Waals surface area contributed by atoms with Gasteiger partial charge in [0.1, 0.15) is 0 Å². The van der Waals surface area contributed by atoms with Crippen molar-refractivity contribution in [3.63, 3.8) is 0 Å². The number of benzene rings is 6. The van der Waals surface area contributed by atoms with Crippen LogP contribution in [0.4, 0.5) is 0 Å². The molecule has 0 radical (unpaired) electrons. The highest BCUT2D eigenvalue weighted by Gasteiger charge is 2.52. The van der Waals surface area contributed by atoms with Crippen LogP contribution >= 0.6 is 15.8 Å². The highest BCUT2D eigenvalue weighted by molar-refractivity contribution is 7.80. The topological polar surface area (TPSA) is 40.5 Å². The standard InChI is InChI=1S/C42H38O2P2/c43-29-37-38(30-44)42(36-26-14-16-28-40(36)46(33-21-9-3-10-22-33)34-23-11-4-12-24-34)41(37)35-25-13-15-27-39(35)45(31-17-5-1-6-18-31)32-19-7-2-8-20-32/h1-28,37-38,41-44H,29-30H2/t37-,38-,41-,42-/m1/s1. The van der Waals surface area contributed by atoms with Gasteiger partial charge in [-0.1, -0.05) is 170 Å². The molecule has 1 fully saturated rings. The van der Waals surface area contributed by atoms with Gasteiger partial charge in [0.25, 0.3) is 0 Å². The summed E-state index contributed by atoms with van der Waals surface area (Å²) in [4.78, 5) is 0. The van der Waals surface area contributed by atoms with Crippen molar-refractivity contribution in [2.24, 2.45) is 11.8 Å². The molecule has 0 bridgehead atoms. The van der Waals surface area contributed by atoms with Gasteiger partial charge in [0.05, 0.1) is 0 Å². The average Bonchev–Trinajstić information content (AvgIpc) is 3.12. The first-order valence-corrected chi connectivity index (χ1v) is 18.7. The lowest BCUT2D eigenvalue weighted by atomic mass is 9.53. The van der Waals surface area contributed by atoms with E-state index in [1.54, 1.807) is 0 Å². The molecule has 7 rings (SSSR count). The van der Waals surface area contributed by atoms with Crippen molar-refractivity contribution in [1.82, 2.24) is 0 Å². The van der Waals surface area contributed by atoms with Crippen LogP contribution in [0.1, 0.15) is 23.0 Å². The summed E-state index contributed by atoms with van der Waals surface area (Å²) in [5.74, 6) is 0.0696. The minimum atomic E-state index is -0.834. The molecule has 0 spiro atoms. The number of rotatable bonds is 10. The first-order chi connectivity index (χ1) is 22.8. The molecule has 1 aliphatic rings. The normalized spacial score (nSPS) is 19.2. The second-order valence-electron chi connectivity index (χ2n) is 11.9. The summed E-state index contributed by atoms with van der Waals surface area (Å²) in [6.45, 7) is 0.0905. The van der Waals surface area contributed by atoms with Gasteiger partial charge in [-0.2, -0.15) is 0 Å². The van der Waals surface area contributed by atoms with Crippen molar-refractivity contribution < 1.29 is 10.2 Å².